The van der Waals surface area contributed by atoms with E-state index in [1.165, 1.54) is 0 Å². The van der Waals surface area contributed by atoms with E-state index in [1.54, 1.807) is 7.11 Å². The number of amides is 1. The minimum atomic E-state index is -0.0486. The number of aryl methyl sites for hydroxylation is 1. The molecule has 0 saturated carbocycles. The molecule has 0 atom stereocenters. The molecule has 5 heteroatoms. The average molecular weight is 330 g/mol. The molecule has 0 fully saturated rings. The fourth-order valence-corrected chi connectivity index (χ4v) is 1.76. The van der Waals surface area contributed by atoms with Crippen LogP contribution in [-0.4, -0.2) is 39.4 Å². The zero-order chi connectivity index (χ0) is 14.1. The van der Waals surface area contributed by atoms with Crippen LogP contribution in [0.15, 0.2) is 22.7 Å². The minimum Gasteiger partial charge on any atom is -0.382 e. The summed E-state index contributed by atoms with van der Waals surface area (Å²) in [6.45, 7) is 4.40. The Morgan fingerprint density at radius 3 is 2.79 bits per heavy atom. The first-order valence-electron chi connectivity index (χ1n) is 6.26. The number of benzene rings is 1. The van der Waals surface area contributed by atoms with E-state index >= 15 is 0 Å². The van der Waals surface area contributed by atoms with Crippen molar-refractivity contribution < 1.29 is 14.3 Å². The highest BCUT2D eigenvalue weighted by Gasteiger charge is 2.05. The highest BCUT2D eigenvalue weighted by atomic mass is 79.9. The second-order valence-electron chi connectivity index (χ2n) is 4.18. The smallest absolute Gasteiger partial charge is 0.251 e. The molecule has 106 valence electrons. The molecule has 1 rings (SSSR count). The Balaban J connectivity index is 2.22. The highest BCUT2D eigenvalue weighted by Crippen LogP contribution is 2.16. The van der Waals surface area contributed by atoms with Gasteiger partial charge in [-0.15, -0.1) is 0 Å². The van der Waals surface area contributed by atoms with Gasteiger partial charge in [0.15, 0.2) is 0 Å². The topological polar surface area (TPSA) is 47.6 Å². The largest absolute Gasteiger partial charge is 0.382 e. The van der Waals surface area contributed by atoms with E-state index in [2.05, 4.69) is 21.2 Å². The van der Waals surface area contributed by atoms with Crippen molar-refractivity contribution in [2.24, 2.45) is 0 Å². The Morgan fingerprint density at radius 2 is 2.11 bits per heavy atom. The van der Waals surface area contributed by atoms with Gasteiger partial charge in [0.2, 0.25) is 0 Å². The number of hydrogen-bond donors (Lipinski definition) is 1. The molecule has 4 nitrogen and oxygen atoms in total. The molecule has 0 radical (unpaired) electrons. The predicted octanol–water partition coefficient (Wildman–Crippen LogP) is 2.54. The molecule has 19 heavy (non-hydrogen) atoms. The van der Waals surface area contributed by atoms with E-state index in [1.807, 2.05) is 25.1 Å². The summed E-state index contributed by atoms with van der Waals surface area (Å²) in [5, 5.41) is 2.87. The molecule has 0 aliphatic rings. The second kappa shape index (κ2) is 9.07. The SMILES string of the molecule is COCCOCCCNC(=O)c1ccc(Br)c(C)c1. The molecule has 0 heterocycles. The van der Waals surface area contributed by atoms with Crippen molar-refractivity contribution in [2.45, 2.75) is 13.3 Å². The normalized spacial score (nSPS) is 10.5. The van der Waals surface area contributed by atoms with Crippen LogP contribution in [0, 0.1) is 6.92 Å². The van der Waals surface area contributed by atoms with Crippen LogP contribution in [0.3, 0.4) is 0 Å². The van der Waals surface area contributed by atoms with Crippen molar-refractivity contribution in [3.63, 3.8) is 0 Å². The summed E-state index contributed by atoms with van der Waals surface area (Å²) in [7, 11) is 1.64. The van der Waals surface area contributed by atoms with Gasteiger partial charge >= 0.3 is 0 Å². The van der Waals surface area contributed by atoms with Crippen molar-refractivity contribution in [1.82, 2.24) is 5.32 Å². The second-order valence-corrected chi connectivity index (χ2v) is 5.03. The molecule has 1 aromatic rings. The fraction of sp³-hybridized carbons (Fsp3) is 0.500. The van der Waals surface area contributed by atoms with Crippen LogP contribution in [0.4, 0.5) is 0 Å². The molecular weight excluding hydrogens is 310 g/mol. The average Bonchev–Trinajstić information content (AvgIpc) is 2.40. The zero-order valence-electron chi connectivity index (χ0n) is 11.4. The number of methoxy groups -OCH3 is 1. The summed E-state index contributed by atoms with van der Waals surface area (Å²) in [5.41, 5.74) is 1.73. The van der Waals surface area contributed by atoms with E-state index in [4.69, 9.17) is 9.47 Å². The number of halogens is 1. The molecule has 0 aliphatic heterocycles. The third-order valence-corrected chi connectivity index (χ3v) is 3.49. The van der Waals surface area contributed by atoms with Crippen LogP contribution in [0.5, 0.6) is 0 Å². The highest BCUT2D eigenvalue weighted by molar-refractivity contribution is 9.10. The van der Waals surface area contributed by atoms with Gasteiger partial charge in [-0.1, -0.05) is 15.9 Å². The van der Waals surface area contributed by atoms with E-state index in [0.29, 0.717) is 31.9 Å². The monoisotopic (exact) mass is 329 g/mol. The van der Waals surface area contributed by atoms with Gasteiger partial charge in [0.05, 0.1) is 13.2 Å². The maximum atomic E-state index is 11.9. The Labute approximate surface area is 122 Å². The van der Waals surface area contributed by atoms with Crippen molar-refractivity contribution in [1.29, 1.82) is 0 Å². The third-order valence-electron chi connectivity index (χ3n) is 2.60. The molecule has 0 spiro atoms. The standard InChI is InChI=1S/C14H20BrNO3/c1-11-10-12(4-5-13(11)15)14(17)16-6-3-7-19-9-8-18-2/h4-5,10H,3,6-9H2,1-2H3,(H,16,17). The molecule has 1 N–H and O–H groups in total. The van der Waals surface area contributed by atoms with Crippen LogP contribution in [0.2, 0.25) is 0 Å². The Kier molecular flexibility index (Phi) is 7.70. The number of carbonyl (C=O) groups is 1. The number of rotatable bonds is 8. The van der Waals surface area contributed by atoms with Crippen LogP contribution in [0.1, 0.15) is 22.3 Å². The summed E-state index contributed by atoms with van der Waals surface area (Å²) in [5.74, 6) is -0.0486. The Bertz CT molecular complexity index is 410. The lowest BCUT2D eigenvalue weighted by molar-refractivity contribution is 0.0688. The summed E-state index contributed by atoms with van der Waals surface area (Å²) >= 11 is 3.41. The lowest BCUT2D eigenvalue weighted by Gasteiger charge is -2.07. The lowest BCUT2D eigenvalue weighted by atomic mass is 10.1. The van der Waals surface area contributed by atoms with Crippen molar-refractivity contribution in [3.8, 4) is 0 Å². The van der Waals surface area contributed by atoms with E-state index in [9.17, 15) is 4.79 Å². The van der Waals surface area contributed by atoms with Gasteiger partial charge in [0.25, 0.3) is 5.91 Å². The van der Waals surface area contributed by atoms with Gasteiger partial charge in [-0.2, -0.15) is 0 Å². The first kappa shape index (κ1) is 16.1. The molecule has 1 aromatic carbocycles. The van der Waals surface area contributed by atoms with Crippen LogP contribution in [0.25, 0.3) is 0 Å². The molecule has 0 bridgehead atoms. The fourth-order valence-electron chi connectivity index (χ4n) is 1.51. The summed E-state index contributed by atoms with van der Waals surface area (Å²) in [6, 6.07) is 5.56. The van der Waals surface area contributed by atoms with Crippen LogP contribution in [-0.2, 0) is 9.47 Å². The number of ether oxygens (including phenoxy) is 2. The molecule has 0 aliphatic carbocycles. The molecular formula is C14H20BrNO3. The molecule has 0 aromatic heterocycles. The Hall–Kier alpha value is -0.910. The third kappa shape index (κ3) is 6.18. The van der Waals surface area contributed by atoms with Gasteiger partial charge in [-0.25, -0.2) is 0 Å². The Morgan fingerprint density at radius 1 is 1.32 bits per heavy atom. The van der Waals surface area contributed by atoms with Crippen LogP contribution >= 0.6 is 15.9 Å². The van der Waals surface area contributed by atoms with Gasteiger partial charge in [-0.05, 0) is 37.1 Å². The van der Waals surface area contributed by atoms with E-state index in [-0.39, 0.29) is 5.91 Å². The first-order chi connectivity index (χ1) is 9.15. The first-order valence-corrected chi connectivity index (χ1v) is 7.05. The molecule has 0 unspecified atom stereocenters. The van der Waals surface area contributed by atoms with Gasteiger partial charge in [-0.3, -0.25) is 4.79 Å². The van der Waals surface area contributed by atoms with Crippen molar-refractivity contribution in [2.75, 3.05) is 33.5 Å². The summed E-state index contributed by atoms with van der Waals surface area (Å²) in [6.07, 6.45) is 0.797. The molecule has 1 amide bonds. The summed E-state index contributed by atoms with van der Waals surface area (Å²) < 4.78 is 11.2. The quantitative estimate of drug-likeness (QED) is 0.745. The maximum Gasteiger partial charge on any atom is 0.251 e. The van der Waals surface area contributed by atoms with Gasteiger partial charge in [0.1, 0.15) is 0 Å². The van der Waals surface area contributed by atoms with Crippen LogP contribution < -0.4 is 5.32 Å². The molecule has 0 saturated heterocycles. The maximum absolute atomic E-state index is 11.9. The number of hydrogen-bond acceptors (Lipinski definition) is 3. The lowest BCUT2D eigenvalue weighted by Crippen LogP contribution is -2.25. The zero-order valence-corrected chi connectivity index (χ0v) is 13.0. The van der Waals surface area contributed by atoms with Crippen molar-refractivity contribution >= 4 is 21.8 Å². The van der Waals surface area contributed by atoms with E-state index in [0.717, 1.165) is 16.5 Å². The number of carbonyl (C=O) groups excluding carboxylic acids is 1. The predicted molar refractivity (Wildman–Crippen MR) is 78.5 cm³/mol. The number of nitrogens with one attached hydrogen (secondary N) is 1. The van der Waals surface area contributed by atoms with Crippen molar-refractivity contribution in [3.05, 3.63) is 33.8 Å². The van der Waals surface area contributed by atoms with Gasteiger partial charge < -0.3 is 14.8 Å². The van der Waals surface area contributed by atoms with E-state index < -0.39 is 0 Å². The minimum absolute atomic E-state index is 0.0486. The van der Waals surface area contributed by atoms with Gasteiger partial charge in [0, 0.05) is 30.3 Å². The summed E-state index contributed by atoms with van der Waals surface area (Å²) in [4.78, 5) is 11.9.